The number of ether oxygens (including phenoxy) is 1. The van der Waals surface area contributed by atoms with Crippen LogP contribution in [0.5, 0.6) is 5.75 Å². The molecule has 0 radical (unpaired) electrons. The third kappa shape index (κ3) is 5.42. The van der Waals surface area contributed by atoms with Gasteiger partial charge in [-0.2, -0.15) is 5.26 Å². The Kier molecular flexibility index (Phi) is 7.20. The molecule has 1 aromatic carbocycles. The summed E-state index contributed by atoms with van der Waals surface area (Å²) in [6.07, 6.45) is 0.350. The molecule has 5 nitrogen and oxygen atoms in total. The van der Waals surface area contributed by atoms with E-state index in [9.17, 15) is 4.79 Å². The molecule has 2 aromatic heterocycles. The molecule has 1 N–H and O–H groups in total. The number of hydrogen-bond acceptors (Lipinski definition) is 6. The van der Waals surface area contributed by atoms with Crippen LogP contribution in [-0.2, 0) is 17.9 Å². The third-order valence-electron chi connectivity index (χ3n) is 4.24. The molecule has 0 bridgehead atoms. The molecule has 3 aromatic rings. The van der Waals surface area contributed by atoms with E-state index in [1.165, 1.54) is 16.2 Å². The maximum Gasteiger partial charge on any atom is 0.226 e. The van der Waals surface area contributed by atoms with E-state index >= 15 is 0 Å². The predicted octanol–water partition coefficient (Wildman–Crippen LogP) is 4.72. The molecule has 7 heteroatoms. The van der Waals surface area contributed by atoms with Crippen molar-refractivity contribution in [2.75, 3.05) is 19.0 Å². The number of rotatable bonds is 9. The van der Waals surface area contributed by atoms with Crippen molar-refractivity contribution in [2.24, 2.45) is 0 Å². The average molecular weight is 412 g/mol. The van der Waals surface area contributed by atoms with E-state index < -0.39 is 0 Å². The van der Waals surface area contributed by atoms with Gasteiger partial charge in [0.1, 0.15) is 16.8 Å². The molecule has 0 spiro atoms. The Labute approximate surface area is 172 Å². The van der Waals surface area contributed by atoms with Gasteiger partial charge in [0.05, 0.1) is 12.7 Å². The van der Waals surface area contributed by atoms with E-state index in [-0.39, 0.29) is 5.91 Å². The number of thiophene rings is 2. The van der Waals surface area contributed by atoms with Crippen LogP contribution >= 0.6 is 22.7 Å². The van der Waals surface area contributed by atoms with Gasteiger partial charge in [-0.1, -0.05) is 24.3 Å². The summed E-state index contributed by atoms with van der Waals surface area (Å²) in [7, 11) is 1.67. The van der Waals surface area contributed by atoms with Gasteiger partial charge in [-0.3, -0.25) is 9.69 Å². The minimum Gasteiger partial charge on any atom is -0.496 e. The van der Waals surface area contributed by atoms with Crippen molar-refractivity contribution in [3.05, 3.63) is 69.2 Å². The first-order valence-corrected chi connectivity index (χ1v) is 10.6. The number of benzene rings is 1. The van der Waals surface area contributed by atoms with Crippen LogP contribution in [0.1, 0.15) is 22.4 Å². The van der Waals surface area contributed by atoms with E-state index in [0.29, 0.717) is 30.1 Å². The van der Waals surface area contributed by atoms with Crippen molar-refractivity contribution in [1.82, 2.24) is 4.90 Å². The molecule has 2 heterocycles. The van der Waals surface area contributed by atoms with Crippen LogP contribution in [0.2, 0.25) is 0 Å². The van der Waals surface area contributed by atoms with Crippen LogP contribution in [-0.4, -0.2) is 24.5 Å². The fourth-order valence-corrected chi connectivity index (χ4v) is 4.35. The standard InChI is InChI=1S/C21H21N3O2S2/c1-26-19-7-3-2-5-17(19)14-24(15-18-6-4-11-27-18)10-8-20(25)23-21-16(13-22)9-12-28-21/h2-7,9,11-12H,8,10,14-15H2,1H3,(H,23,25). The van der Waals surface area contributed by atoms with Gasteiger partial charge in [0.15, 0.2) is 0 Å². The van der Waals surface area contributed by atoms with E-state index in [0.717, 1.165) is 17.9 Å². The summed E-state index contributed by atoms with van der Waals surface area (Å²) >= 11 is 3.07. The van der Waals surface area contributed by atoms with Crippen molar-refractivity contribution < 1.29 is 9.53 Å². The van der Waals surface area contributed by atoms with Gasteiger partial charge in [-0.15, -0.1) is 22.7 Å². The Bertz CT molecular complexity index is 945. The number of para-hydroxylation sites is 1. The fourth-order valence-electron chi connectivity index (χ4n) is 2.85. The molecular formula is C21H21N3O2S2. The third-order valence-corrected chi connectivity index (χ3v) is 5.93. The van der Waals surface area contributed by atoms with E-state index in [2.05, 4.69) is 27.7 Å². The maximum atomic E-state index is 12.4. The van der Waals surface area contributed by atoms with Crippen molar-refractivity contribution in [1.29, 1.82) is 5.26 Å². The number of carbonyl (C=O) groups is 1. The summed E-state index contributed by atoms with van der Waals surface area (Å²) in [4.78, 5) is 15.9. The zero-order valence-corrected chi connectivity index (χ0v) is 17.2. The highest BCUT2D eigenvalue weighted by Crippen LogP contribution is 2.23. The van der Waals surface area contributed by atoms with Gasteiger partial charge in [0, 0.05) is 36.5 Å². The number of nitriles is 1. The van der Waals surface area contributed by atoms with Crippen LogP contribution in [0.15, 0.2) is 53.2 Å². The Morgan fingerprint density at radius 3 is 2.75 bits per heavy atom. The molecule has 0 unspecified atom stereocenters. The largest absolute Gasteiger partial charge is 0.496 e. The quantitative estimate of drug-likeness (QED) is 0.553. The second-order valence-electron chi connectivity index (χ2n) is 6.18. The number of hydrogen-bond donors (Lipinski definition) is 1. The molecule has 0 saturated heterocycles. The molecule has 3 rings (SSSR count). The highest BCUT2D eigenvalue weighted by molar-refractivity contribution is 7.14. The molecule has 144 valence electrons. The lowest BCUT2D eigenvalue weighted by Crippen LogP contribution is -2.27. The average Bonchev–Trinajstić information content (AvgIpc) is 3.38. The summed E-state index contributed by atoms with van der Waals surface area (Å²) in [6.45, 7) is 2.07. The minimum atomic E-state index is -0.0878. The van der Waals surface area contributed by atoms with Gasteiger partial charge < -0.3 is 10.1 Å². The zero-order chi connectivity index (χ0) is 19.8. The summed E-state index contributed by atoms with van der Waals surface area (Å²) in [6, 6.07) is 15.9. The molecule has 0 fully saturated rings. The second kappa shape index (κ2) is 10.0. The van der Waals surface area contributed by atoms with Crippen molar-refractivity contribution in [3.63, 3.8) is 0 Å². The van der Waals surface area contributed by atoms with Crippen LogP contribution in [0.3, 0.4) is 0 Å². The normalized spacial score (nSPS) is 10.6. The highest BCUT2D eigenvalue weighted by atomic mass is 32.1. The van der Waals surface area contributed by atoms with Gasteiger partial charge in [-0.25, -0.2) is 0 Å². The first-order chi connectivity index (χ1) is 13.7. The molecule has 0 aliphatic carbocycles. The molecule has 28 heavy (non-hydrogen) atoms. The van der Waals surface area contributed by atoms with Crippen LogP contribution in [0, 0.1) is 11.3 Å². The summed E-state index contributed by atoms with van der Waals surface area (Å²) < 4.78 is 5.47. The van der Waals surface area contributed by atoms with Crippen LogP contribution in [0.4, 0.5) is 5.00 Å². The van der Waals surface area contributed by atoms with Crippen LogP contribution < -0.4 is 10.1 Å². The number of nitrogens with one attached hydrogen (secondary N) is 1. The van der Waals surface area contributed by atoms with Gasteiger partial charge in [0.25, 0.3) is 0 Å². The monoisotopic (exact) mass is 411 g/mol. The van der Waals surface area contributed by atoms with Crippen LogP contribution in [0.25, 0.3) is 0 Å². The SMILES string of the molecule is COc1ccccc1CN(CCC(=O)Nc1sccc1C#N)Cc1cccs1. The molecule has 0 saturated carbocycles. The first kappa shape index (κ1) is 20.1. The Balaban J connectivity index is 1.65. The first-order valence-electron chi connectivity index (χ1n) is 8.83. The molecular weight excluding hydrogens is 390 g/mol. The Morgan fingerprint density at radius 1 is 1.14 bits per heavy atom. The number of methoxy groups -OCH3 is 1. The van der Waals surface area contributed by atoms with Gasteiger partial charge in [0.2, 0.25) is 5.91 Å². The zero-order valence-electron chi connectivity index (χ0n) is 15.6. The second-order valence-corrected chi connectivity index (χ2v) is 8.12. The van der Waals surface area contributed by atoms with E-state index in [4.69, 9.17) is 10.00 Å². The molecule has 1 amide bonds. The lowest BCUT2D eigenvalue weighted by Gasteiger charge is -2.22. The van der Waals surface area contributed by atoms with Crippen molar-refractivity contribution in [2.45, 2.75) is 19.5 Å². The smallest absolute Gasteiger partial charge is 0.226 e. The molecule has 0 aliphatic rings. The summed E-state index contributed by atoms with van der Waals surface area (Å²) in [5.41, 5.74) is 1.59. The lowest BCUT2D eigenvalue weighted by molar-refractivity contribution is -0.116. The van der Waals surface area contributed by atoms with Crippen molar-refractivity contribution in [3.8, 4) is 11.8 Å². The van der Waals surface area contributed by atoms with Crippen molar-refractivity contribution >= 4 is 33.6 Å². The van der Waals surface area contributed by atoms with Gasteiger partial charge in [-0.05, 0) is 29.0 Å². The fraction of sp³-hybridized carbons (Fsp3) is 0.238. The topological polar surface area (TPSA) is 65.4 Å². The molecule has 0 aliphatic heterocycles. The van der Waals surface area contributed by atoms with E-state index in [1.807, 2.05) is 30.3 Å². The summed E-state index contributed by atoms with van der Waals surface area (Å²) in [5, 5.41) is 16.4. The summed E-state index contributed by atoms with van der Waals surface area (Å²) in [5.74, 6) is 0.760. The number of nitrogens with zero attached hydrogens (tertiary/aromatic N) is 2. The predicted molar refractivity (Wildman–Crippen MR) is 114 cm³/mol. The Hall–Kier alpha value is -2.66. The number of carbonyl (C=O) groups excluding carboxylic acids is 1. The highest BCUT2D eigenvalue weighted by Gasteiger charge is 2.14. The number of anilines is 1. The maximum absolute atomic E-state index is 12.4. The van der Waals surface area contributed by atoms with E-state index in [1.54, 1.807) is 29.9 Å². The minimum absolute atomic E-state index is 0.0878. The lowest BCUT2D eigenvalue weighted by atomic mass is 10.1. The molecule has 0 atom stereocenters. The van der Waals surface area contributed by atoms with Gasteiger partial charge >= 0.3 is 0 Å². The Morgan fingerprint density at radius 2 is 2.00 bits per heavy atom. The number of amides is 1.